The number of aromatic hydroxyl groups is 1. The van der Waals surface area contributed by atoms with E-state index >= 15 is 0 Å². The van der Waals surface area contributed by atoms with Crippen molar-refractivity contribution >= 4 is 34.8 Å². The largest absolute Gasteiger partial charge is 0.508 e. The molecule has 1 aliphatic carbocycles. The van der Waals surface area contributed by atoms with Crippen LogP contribution in [0.5, 0.6) is 5.75 Å². The lowest BCUT2D eigenvalue weighted by atomic mass is 9.89. The topological polar surface area (TPSA) is 60.9 Å². The van der Waals surface area contributed by atoms with Gasteiger partial charge in [-0.25, -0.2) is 0 Å². The van der Waals surface area contributed by atoms with Gasteiger partial charge in [-0.3, -0.25) is 9.59 Å². The second-order valence-electron chi connectivity index (χ2n) is 8.84. The summed E-state index contributed by atoms with van der Waals surface area (Å²) in [5.41, 5.74) is 3.09. The predicted molar refractivity (Wildman–Crippen MR) is 130 cm³/mol. The van der Waals surface area contributed by atoms with E-state index in [1.807, 2.05) is 60.4 Å². The van der Waals surface area contributed by atoms with Crippen molar-refractivity contribution in [3.05, 3.63) is 88.9 Å². The molecule has 1 heterocycles. The summed E-state index contributed by atoms with van der Waals surface area (Å²) in [7, 11) is 0. The van der Waals surface area contributed by atoms with Gasteiger partial charge >= 0.3 is 0 Å². The number of amides is 2. The quantitative estimate of drug-likeness (QED) is 0.521. The molecule has 1 aliphatic heterocycles. The molecule has 0 saturated heterocycles. The smallest absolute Gasteiger partial charge is 0.258 e. The van der Waals surface area contributed by atoms with Crippen LogP contribution in [0.3, 0.4) is 0 Å². The molecule has 168 valence electrons. The maximum absolute atomic E-state index is 13.5. The molecule has 3 aromatic rings. The maximum atomic E-state index is 13.5. The van der Waals surface area contributed by atoms with Gasteiger partial charge in [0.2, 0.25) is 5.91 Å². The molecule has 1 N–H and O–H groups in total. The third kappa shape index (κ3) is 4.09. The SMILES string of the molecule is CC1CC(N(C(=O)C2CC2)c2ccc(Cl)cc2)c2ccccc2N1C(=O)c1ccc(O)cc1. The van der Waals surface area contributed by atoms with Gasteiger partial charge in [0.25, 0.3) is 5.91 Å². The molecule has 2 aliphatic rings. The molecule has 0 aromatic heterocycles. The van der Waals surface area contributed by atoms with Gasteiger partial charge in [-0.1, -0.05) is 29.8 Å². The number of carbonyl (C=O) groups excluding carboxylic acids is 2. The van der Waals surface area contributed by atoms with E-state index in [9.17, 15) is 14.7 Å². The summed E-state index contributed by atoms with van der Waals surface area (Å²) in [6, 6.07) is 21.2. The summed E-state index contributed by atoms with van der Waals surface area (Å²) < 4.78 is 0. The van der Waals surface area contributed by atoms with Crippen molar-refractivity contribution < 1.29 is 14.7 Å². The molecular formula is C27H25ClN2O3. The first-order valence-electron chi connectivity index (χ1n) is 11.2. The van der Waals surface area contributed by atoms with E-state index in [0.29, 0.717) is 17.0 Å². The number of phenols is 1. The summed E-state index contributed by atoms with van der Waals surface area (Å²) in [6.45, 7) is 2.02. The number of phenolic OH excluding ortho intramolecular Hbond substituents is 1. The standard InChI is InChI=1S/C27H25ClN2O3/c1-17-16-25(30(27(33)18-6-7-18)21-12-10-20(28)11-13-21)23-4-2-3-5-24(23)29(17)26(32)19-8-14-22(31)15-9-19/h2-5,8-15,17-18,25,31H,6-7,16H2,1H3. The summed E-state index contributed by atoms with van der Waals surface area (Å²) in [5, 5.41) is 10.2. The monoisotopic (exact) mass is 460 g/mol. The van der Waals surface area contributed by atoms with Crippen LogP contribution in [0.25, 0.3) is 0 Å². The Morgan fingerprint density at radius 2 is 1.64 bits per heavy atom. The van der Waals surface area contributed by atoms with Gasteiger partial charge in [0.15, 0.2) is 0 Å². The maximum Gasteiger partial charge on any atom is 0.258 e. The van der Waals surface area contributed by atoms with Crippen molar-refractivity contribution in [2.24, 2.45) is 5.92 Å². The highest BCUT2D eigenvalue weighted by atomic mass is 35.5. The molecule has 2 amide bonds. The van der Waals surface area contributed by atoms with E-state index in [1.54, 1.807) is 17.0 Å². The Kier molecular flexibility index (Phi) is 5.59. The van der Waals surface area contributed by atoms with Crippen LogP contribution in [-0.4, -0.2) is 23.0 Å². The number of fused-ring (bicyclic) bond motifs is 1. The van der Waals surface area contributed by atoms with Crippen molar-refractivity contribution in [1.82, 2.24) is 0 Å². The minimum absolute atomic E-state index is 0.0554. The fraction of sp³-hybridized carbons (Fsp3) is 0.259. The molecule has 1 fully saturated rings. The van der Waals surface area contributed by atoms with E-state index in [0.717, 1.165) is 29.8 Å². The van der Waals surface area contributed by atoms with Crippen LogP contribution >= 0.6 is 11.6 Å². The second kappa shape index (κ2) is 8.56. The normalized spacial score (nSPS) is 19.6. The Morgan fingerprint density at radius 3 is 2.30 bits per heavy atom. The van der Waals surface area contributed by atoms with Gasteiger partial charge in [-0.15, -0.1) is 0 Å². The fourth-order valence-corrected chi connectivity index (χ4v) is 4.79. The number of benzene rings is 3. The lowest BCUT2D eigenvalue weighted by Gasteiger charge is -2.43. The molecule has 0 radical (unpaired) electrons. The van der Waals surface area contributed by atoms with Gasteiger partial charge in [0.05, 0.1) is 6.04 Å². The first kappa shape index (κ1) is 21.5. The van der Waals surface area contributed by atoms with Crippen LogP contribution in [0.4, 0.5) is 11.4 Å². The Bertz CT molecular complexity index is 1190. The first-order chi connectivity index (χ1) is 15.9. The lowest BCUT2D eigenvalue weighted by Crippen LogP contribution is -2.48. The van der Waals surface area contributed by atoms with Crippen molar-refractivity contribution in [3.8, 4) is 5.75 Å². The van der Waals surface area contributed by atoms with Gasteiger partial charge in [-0.05, 0) is 86.3 Å². The number of nitrogens with zero attached hydrogens (tertiary/aromatic N) is 2. The molecule has 33 heavy (non-hydrogen) atoms. The number of rotatable bonds is 4. The highest BCUT2D eigenvalue weighted by Crippen LogP contribution is 2.45. The van der Waals surface area contributed by atoms with Crippen molar-refractivity contribution in [3.63, 3.8) is 0 Å². The molecule has 0 spiro atoms. The zero-order valence-electron chi connectivity index (χ0n) is 18.3. The summed E-state index contributed by atoms with van der Waals surface area (Å²) in [5.74, 6) is 0.179. The van der Waals surface area contributed by atoms with Crippen LogP contribution in [0.2, 0.25) is 5.02 Å². The van der Waals surface area contributed by atoms with E-state index in [-0.39, 0.29) is 35.6 Å². The van der Waals surface area contributed by atoms with Crippen LogP contribution in [0.1, 0.15) is 48.1 Å². The molecule has 0 bridgehead atoms. The predicted octanol–water partition coefficient (Wildman–Crippen LogP) is 5.97. The minimum atomic E-state index is -0.186. The van der Waals surface area contributed by atoms with Crippen LogP contribution in [-0.2, 0) is 4.79 Å². The number of hydrogen-bond acceptors (Lipinski definition) is 3. The third-order valence-electron chi connectivity index (χ3n) is 6.47. The Morgan fingerprint density at radius 1 is 0.970 bits per heavy atom. The number of anilines is 2. The van der Waals surface area contributed by atoms with Gasteiger partial charge in [0, 0.05) is 33.9 Å². The van der Waals surface area contributed by atoms with E-state index in [2.05, 4.69) is 0 Å². The Hall–Kier alpha value is -3.31. The summed E-state index contributed by atoms with van der Waals surface area (Å²) in [4.78, 5) is 30.6. The van der Waals surface area contributed by atoms with E-state index in [4.69, 9.17) is 11.6 Å². The van der Waals surface area contributed by atoms with Crippen molar-refractivity contribution in [1.29, 1.82) is 0 Å². The average molecular weight is 461 g/mol. The minimum Gasteiger partial charge on any atom is -0.508 e. The van der Waals surface area contributed by atoms with Crippen LogP contribution in [0.15, 0.2) is 72.8 Å². The molecule has 5 nitrogen and oxygen atoms in total. The molecule has 2 atom stereocenters. The molecule has 6 heteroatoms. The number of carbonyl (C=O) groups is 2. The van der Waals surface area contributed by atoms with Gasteiger partial charge < -0.3 is 14.9 Å². The van der Waals surface area contributed by atoms with Crippen molar-refractivity contribution in [2.45, 2.75) is 38.3 Å². The Labute approximate surface area is 198 Å². The number of para-hydroxylation sites is 1. The van der Waals surface area contributed by atoms with Gasteiger partial charge in [-0.2, -0.15) is 0 Å². The van der Waals surface area contributed by atoms with Crippen molar-refractivity contribution in [2.75, 3.05) is 9.80 Å². The van der Waals surface area contributed by atoms with E-state index < -0.39 is 0 Å². The highest BCUT2D eigenvalue weighted by molar-refractivity contribution is 6.30. The fourth-order valence-electron chi connectivity index (χ4n) is 4.67. The summed E-state index contributed by atoms with van der Waals surface area (Å²) >= 11 is 6.12. The molecule has 2 unspecified atom stereocenters. The highest BCUT2D eigenvalue weighted by Gasteiger charge is 2.42. The van der Waals surface area contributed by atoms with Crippen LogP contribution in [0, 0.1) is 5.92 Å². The lowest BCUT2D eigenvalue weighted by molar-refractivity contribution is -0.120. The average Bonchev–Trinajstić information content (AvgIpc) is 3.66. The molecular weight excluding hydrogens is 436 g/mol. The van der Waals surface area contributed by atoms with Gasteiger partial charge in [0.1, 0.15) is 5.75 Å². The zero-order chi connectivity index (χ0) is 23.1. The molecule has 1 saturated carbocycles. The first-order valence-corrected chi connectivity index (χ1v) is 11.6. The molecule has 3 aromatic carbocycles. The van der Waals surface area contributed by atoms with E-state index in [1.165, 1.54) is 12.1 Å². The third-order valence-corrected chi connectivity index (χ3v) is 6.73. The van der Waals surface area contributed by atoms with Crippen LogP contribution < -0.4 is 9.80 Å². The Balaban J connectivity index is 1.57. The zero-order valence-corrected chi connectivity index (χ0v) is 19.1. The number of halogens is 1. The summed E-state index contributed by atoms with van der Waals surface area (Å²) in [6.07, 6.45) is 2.44. The second-order valence-corrected chi connectivity index (χ2v) is 9.28. The molecule has 5 rings (SSSR count). The number of hydrogen-bond donors (Lipinski definition) is 1.